The van der Waals surface area contributed by atoms with E-state index in [0.29, 0.717) is 12.1 Å². The number of anilines is 3. The maximum Gasteiger partial charge on any atom is 0.204 e. The number of rotatable bonds is 3. The summed E-state index contributed by atoms with van der Waals surface area (Å²) in [5.74, 6) is -3.30. The van der Waals surface area contributed by atoms with Gasteiger partial charge in [0.05, 0.1) is 12.8 Å². The van der Waals surface area contributed by atoms with Crippen LogP contribution in [-0.2, 0) is 0 Å². The lowest BCUT2D eigenvalue weighted by atomic mass is 10.2. The summed E-state index contributed by atoms with van der Waals surface area (Å²) in [7, 11) is 1.32. The summed E-state index contributed by atoms with van der Waals surface area (Å²) in [6.45, 7) is 0. The van der Waals surface area contributed by atoms with Crippen molar-refractivity contribution in [2.45, 2.75) is 0 Å². The number of aromatic nitrogens is 2. The van der Waals surface area contributed by atoms with Crippen LogP contribution in [0.15, 0.2) is 18.5 Å². The molecule has 0 saturated carbocycles. The van der Waals surface area contributed by atoms with Gasteiger partial charge in [0.2, 0.25) is 5.75 Å². The molecule has 3 N–H and O–H groups in total. The molecule has 0 unspecified atom stereocenters. The molecule has 0 bridgehead atoms. The van der Waals surface area contributed by atoms with Crippen molar-refractivity contribution in [1.29, 1.82) is 0 Å². The molecule has 0 fully saturated rings. The topological polar surface area (TPSA) is 73.1 Å². The van der Waals surface area contributed by atoms with Crippen molar-refractivity contribution in [3.8, 4) is 5.75 Å². The van der Waals surface area contributed by atoms with E-state index in [2.05, 4.69) is 15.3 Å². The first-order chi connectivity index (χ1) is 9.02. The fourth-order valence-corrected chi connectivity index (χ4v) is 1.42. The average molecular weight is 270 g/mol. The summed E-state index contributed by atoms with van der Waals surface area (Å²) in [5.41, 5.74) is 5.24. The Bertz CT molecular complexity index is 621. The largest absolute Gasteiger partial charge is 0.490 e. The molecular weight excluding hydrogens is 261 g/mol. The molecule has 0 saturated heterocycles. The Labute approximate surface area is 106 Å². The molecule has 19 heavy (non-hydrogen) atoms. The molecule has 5 nitrogen and oxygen atoms in total. The van der Waals surface area contributed by atoms with Crippen molar-refractivity contribution < 1.29 is 17.9 Å². The second-order valence-corrected chi connectivity index (χ2v) is 3.51. The van der Waals surface area contributed by atoms with E-state index in [1.54, 1.807) is 0 Å². The third-order valence-corrected chi connectivity index (χ3v) is 2.30. The van der Waals surface area contributed by atoms with Crippen LogP contribution in [0, 0.1) is 17.5 Å². The van der Waals surface area contributed by atoms with Gasteiger partial charge in [0.15, 0.2) is 23.3 Å². The third kappa shape index (κ3) is 2.51. The first kappa shape index (κ1) is 12.9. The highest BCUT2D eigenvalue weighted by Gasteiger charge is 2.14. The number of nitrogens with zero attached hydrogens (tertiary/aromatic N) is 2. The van der Waals surface area contributed by atoms with Gasteiger partial charge in [-0.3, -0.25) is 0 Å². The van der Waals surface area contributed by atoms with Crippen molar-refractivity contribution in [3.63, 3.8) is 0 Å². The van der Waals surface area contributed by atoms with Gasteiger partial charge >= 0.3 is 0 Å². The van der Waals surface area contributed by atoms with Gasteiger partial charge in [-0.05, 0) is 0 Å². The van der Waals surface area contributed by atoms with Gasteiger partial charge in [-0.25, -0.2) is 23.1 Å². The SMILES string of the molecule is COc1c(N)ncnc1Nc1cc(F)c(F)cc1F. The van der Waals surface area contributed by atoms with Gasteiger partial charge in [-0.15, -0.1) is 0 Å². The van der Waals surface area contributed by atoms with Crippen molar-refractivity contribution in [2.75, 3.05) is 18.2 Å². The van der Waals surface area contributed by atoms with Gasteiger partial charge in [-0.1, -0.05) is 0 Å². The van der Waals surface area contributed by atoms with Crippen molar-refractivity contribution >= 4 is 17.3 Å². The molecule has 0 spiro atoms. The molecule has 2 rings (SSSR count). The summed E-state index contributed by atoms with van der Waals surface area (Å²) < 4.78 is 44.3. The van der Waals surface area contributed by atoms with Crippen LogP contribution in [0.1, 0.15) is 0 Å². The molecule has 2 aromatic rings. The molecular formula is C11H9F3N4O. The summed E-state index contributed by atoms with van der Waals surface area (Å²) in [5, 5.41) is 2.46. The quantitative estimate of drug-likeness (QED) is 0.837. The second-order valence-electron chi connectivity index (χ2n) is 3.51. The van der Waals surface area contributed by atoms with Crippen LogP contribution in [-0.4, -0.2) is 17.1 Å². The van der Waals surface area contributed by atoms with Gasteiger partial charge < -0.3 is 15.8 Å². The maximum absolute atomic E-state index is 13.5. The van der Waals surface area contributed by atoms with Crippen LogP contribution >= 0.6 is 0 Å². The Balaban J connectivity index is 2.42. The number of methoxy groups -OCH3 is 1. The Morgan fingerprint density at radius 2 is 1.79 bits per heavy atom. The van der Waals surface area contributed by atoms with Gasteiger partial charge in [-0.2, -0.15) is 0 Å². The summed E-state index contributed by atoms with van der Waals surface area (Å²) in [4.78, 5) is 7.47. The molecule has 1 aromatic heterocycles. The predicted molar refractivity (Wildman–Crippen MR) is 62.6 cm³/mol. The van der Waals surface area contributed by atoms with E-state index in [1.165, 1.54) is 7.11 Å². The van der Waals surface area contributed by atoms with Crippen molar-refractivity contribution in [3.05, 3.63) is 35.9 Å². The number of halogens is 3. The molecule has 1 aromatic carbocycles. The van der Waals surface area contributed by atoms with Gasteiger partial charge in [0, 0.05) is 12.1 Å². The van der Waals surface area contributed by atoms with Crippen LogP contribution in [0.3, 0.4) is 0 Å². The second kappa shape index (κ2) is 5.01. The number of nitrogen functional groups attached to an aromatic ring is 1. The molecule has 0 aliphatic carbocycles. The molecule has 0 amide bonds. The van der Waals surface area contributed by atoms with E-state index in [1.807, 2.05) is 0 Å². The average Bonchev–Trinajstić information content (AvgIpc) is 2.36. The summed E-state index contributed by atoms with van der Waals surface area (Å²) in [6, 6.07) is 1.09. The molecule has 0 atom stereocenters. The maximum atomic E-state index is 13.5. The zero-order valence-corrected chi connectivity index (χ0v) is 9.75. The third-order valence-electron chi connectivity index (χ3n) is 2.30. The van der Waals surface area contributed by atoms with E-state index in [9.17, 15) is 13.2 Å². The minimum Gasteiger partial charge on any atom is -0.490 e. The predicted octanol–water partition coefficient (Wildman–Crippen LogP) is 2.23. The Hall–Kier alpha value is -2.51. The number of nitrogens with two attached hydrogens (primary N) is 1. The van der Waals surface area contributed by atoms with E-state index in [0.717, 1.165) is 6.33 Å². The van der Waals surface area contributed by atoms with E-state index in [4.69, 9.17) is 10.5 Å². The highest BCUT2D eigenvalue weighted by molar-refractivity contribution is 5.68. The highest BCUT2D eigenvalue weighted by atomic mass is 19.2. The summed E-state index contributed by atoms with van der Waals surface area (Å²) >= 11 is 0. The van der Waals surface area contributed by atoms with Gasteiger partial charge in [0.25, 0.3) is 0 Å². The smallest absolute Gasteiger partial charge is 0.204 e. The number of hydrogen-bond donors (Lipinski definition) is 2. The van der Waals surface area contributed by atoms with Crippen LogP contribution in [0.2, 0.25) is 0 Å². The zero-order chi connectivity index (χ0) is 14.0. The molecule has 1 heterocycles. The first-order valence-corrected chi connectivity index (χ1v) is 5.09. The number of hydrogen-bond acceptors (Lipinski definition) is 5. The Morgan fingerprint density at radius 3 is 2.47 bits per heavy atom. The molecule has 0 radical (unpaired) electrons. The first-order valence-electron chi connectivity index (χ1n) is 5.09. The minimum atomic E-state index is -1.28. The monoisotopic (exact) mass is 270 g/mol. The lowest BCUT2D eigenvalue weighted by Gasteiger charge is -2.11. The molecule has 8 heteroatoms. The van der Waals surface area contributed by atoms with Crippen LogP contribution < -0.4 is 15.8 Å². The minimum absolute atomic E-state index is 0.0305. The molecule has 0 aliphatic rings. The Morgan fingerprint density at radius 1 is 1.11 bits per heavy atom. The fraction of sp³-hybridized carbons (Fsp3) is 0.0909. The number of benzene rings is 1. The lowest BCUT2D eigenvalue weighted by molar-refractivity contribution is 0.415. The fourth-order valence-electron chi connectivity index (χ4n) is 1.42. The standard InChI is InChI=1S/C11H9F3N4O/c1-19-9-10(15)16-4-17-11(9)18-8-3-6(13)5(12)2-7(8)14/h2-4H,1H3,(H3,15,16,17,18). The number of ether oxygens (including phenoxy) is 1. The van der Waals surface area contributed by atoms with E-state index < -0.39 is 17.5 Å². The Kier molecular flexibility index (Phi) is 3.41. The van der Waals surface area contributed by atoms with Crippen LogP contribution in [0.4, 0.5) is 30.5 Å². The normalized spacial score (nSPS) is 10.3. The van der Waals surface area contributed by atoms with Crippen molar-refractivity contribution in [1.82, 2.24) is 9.97 Å². The van der Waals surface area contributed by atoms with Crippen LogP contribution in [0.5, 0.6) is 5.75 Å². The molecule has 0 aliphatic heterocycles. The van der Waals surface area contributed by atoms with Gasteiger partial charge in [0.1, 0.15) is 12.1 Å². The van der Waals surface area contributed by atoms with E-state index >= 15 is 0 Å². The van der Waals surface area contributed by atoms with E-state index in [-0.39, 0.29) is 23.1 Å². The zero-order valence-electron chi connectivity index (χ0n) is 9.75. The van der Waals surface area contributed by atoms with Crippen molar-refractivity contribution in [2.24, 2.45) is 0 Å². The van der Waals surface area contributed by atoms with Crippen LogP contribution in [0.25, 0.3) is 0 Å². The highest BCUT2D eigenvalue weighted by Crippen LogP contribution is 2.30. The lowest BCUT2D eigenvalue weighted by Crippen LogP contribution is -2.04. The summed E-state index contributed by atoms with van der Waals surface area (Å²) in [6.07, 6.45) is 1.12. The number of nitrogens with one attached hydrogen (secondary N) is 1. The molecule has 100 valence electrons.